The van der Waals surface area contributed by atoms with Gasteiger partial charge in [-0.15, -0.1) is 11.3 Å². The average Bonchev–Trinajstić information content (AvgIpc) is 3.17. The lowest BCUT2D eigenvalue weighted by molar-refractivity contribution is -0.131. The number of amides is 1. The molecule has 0 atom stereocenters. The number of carbonyl (C=O) groups excluding carboxylic acids is 1. The molecule has 0 saturated heterocycles. The molecule has 118 valence electrons. The van der Waals surface area contributed by atoms with Crippen molar-refractivity contribution in [2.75, 3.05) is 7.05 Å². The molecule has 0 aliphatic carbocycles. The standard InChI is InChI=1S/C18H19N3OS/c1-14-8-9-16(23-14)12-20(2)17(22)13-21-11-10-19-18(21)15-6-4-3-5-7-15/h3-11H,12-13H2,1-2H3. The molecule has 0 aliphatic heterocycles. The highest BCUT2D eigenvalue weighted by atomic mass is 32.1. The zero-order valence-corrected chi connectivity index (χ0v) is 14.1. The molecule has 0 N–H and O–H groups in total. The topological polar surface area (TPSA) is 38.1 Å². The molecule has 5 heteroatoms. The van der Waals surface area contributed by atoms with Gasteiger partial charge in [0.25, 0.3) is 0 Å². The van der Waals surface area contributed by atoms with Crippen molar-refractivity contribution >= 4 is 17.2 Å². The fourth-order valence-electron chi connectivity index (χ4n) is 2.44. The highest BCUT2D eigenvalue weighted by Gasteiger charge is 2.14. The molecule has 1 aromatic carbocycles. The Kier molecular flexibility index (Phi) is 4.57. The Bertz CT molecular complexity index is 791. The maximum absolute atomic E-state index is 12.5. The molecule has 0 unspecified atom stereocenters. The van der Waals surface area contributed by atoms with Crippen LogP contribution in [-0.2, 0) is 17.9 Å². The van der Waals surface area contributed by atoms with Gasteiger partial charge in [-0.1, -0.05) is 30.3 Å². The number of rotatable bonds is 5. The number of aryl methyl sites for hydroxylation is 1. The summed E-state index contributed by atoms with van der Waals surface area (Å²) in [7, 11) is 1.84. The molecular weight excluding hydrogens is 306 g/mol. The number of imidazole rings is 1. The van der Waals surface area contributed by atoms with Gasteiger partial charge in [0.05, 0.1) is 6.54 Å². The fraction of sp³-hybridized carbons (Fsp3) is 0.222. The number of benzene rings is 1. The lowest BCUT2D eigenvalue weighted by atomic mass is 10.2. The van der Waals surface area contributed by atoms with E-state index in [0.717, 1.165) is 11.4 Å². The van der Waals surface area contributed by atoms with Crippen molar-refractivity contribution in [1.29, 1.82) is 0 Å². The molecule has 4 nitrogen and oxygen atoms in total. The average molecular weight is 325 g/mol. The predicted octanol–water partition coefficient (Wildman–Crippen LogP) is 3.58. The van der Waals surface area contributed by atoms with Gasteiger partial charge in [-0.3, -0.25) is 4.79 Å². The number of aromatic nitrogens is 2. The van der Waals surface area contributed by atoms with E-state index in [1.54, 1.807) is 22.4 Å². The molecule has 2 heterocycles. The smallest absolute Gasteiger partial charge is 0.242 e. The molecule has 3 aromatic rings. The predicted molar refractivity (Wildman–Crippen MR) is 93.2 cm³/mol. The van der Waals surface area contributed by atoms with E-state index in [1.165, 1.54) is 9.75 Å². The molecule has 23 heavy (non-hydrogen) atoms. The monoisotopic (exact) mass is 325 g/mol. The molecule has 0 saturated carbocycles. The van der Waals surface area contributed by atoms with Gasteiger partial charge in [0, 0.05) is 34.8 Å². The van der Waals surface area contributed by atoms with E-state index in [1.807, 2.05) is 48.1 Å². The molecular formula is C18H19N3OS. The van der Waals surface area contributed by atoms with Gasteiger partial charge >= 0.3 is 0 Å². The van der Waals surface area contributed by atoms with Crippen molar-refractivity contribution < 1.29 is 4.79 Å². The quantitative estimate of drug-likeness (QED) is 0.719. The van der Waals surface area contributed by atoms with Crippen molar-refractivity contribution in [1.82, 2.24) is 14.5 Å². The number of hydrogen-bond donors (Lipinski definition) is 0. The van der Waals surface area contributed by atoms with Gasteiger partial charge in [-0.2, -0.15) is 0 Å². The third-order valence-electron chi connectivity index (χ3n) is 3.67. The first-order valence-corrected chi connectivity index (χ1v) is 8.31. The van der Waals surface area contributed by atoms with Crippen molar-refractivity contribution in [2.45, 2.75) is 20.0 Å². The first-order valence-electron chi connectivity index (χ1n) is 7.49. The summed E-state index contributed by atoms with van der Waals surface area (Å²) in [5, 5.41) is 0. The van der Waals surface area contributed by atoms with E-state index >= 15 is 0 Å². The van der Waals surface area contributed by atoms with Crippen LogP contribution in [0.4, 0.5) is 0 Å². The Morgan fingerprint density at radius 2 is 2.00 bits per heavy atom. The molecule has 2 aromatic heterocycles. The Balaban J connectivity index is 1.70. The minimum atomic E-state index is 0.0752. The Hall–Kier alpha value is -2.40. The summed E-state index contributed by atoms with van der Waals surface area (Å²) in [6, 6.07) is 14.1. The Labute approximate surface area is 140 Å². The summed E-state index contributed by atoms with van der Waals surface area (Å²) in [5.74, 6) is 0.894. The maximum atomic E-state index is 12.5. The summed E-state index contributed by atoms with van der Waals surface area (Å²) in [6.07, 6.45) is 3.58. The molecule has 0 bridgehead atoms. The van der Waals surface area contributed by atoms with Crippen LogP contribution in [0.15, 0.2) is 54.9 Å². The number of thiophene rings is 1. The molecule has 0 fully saturated rings. The second kappa shape index (κ2) is 6.79. The minimum absolute atomic E-state index is 0.0752. The van der Waals surface area contributed by atoms with Crippen LogP contribution in [0.3, 0.4) is 0 Å². The summed E-state index contributed by atoms with van der Waals surface area (Å²) >= 11 is 1.73. The molecule has 0 radical (unpaired) electrons. The van der Waals surface area contributed by atoms with Gasteiger partial charge in [0.1, 0.15) is 12.4 Å². The fourth-order valence-corrected chi connectivity index (χ4v) is 3.39. The van der Waals surface area contributed by atoms with Crippen LogP contribution in [0.2, 0.25) is 0 Å². The number of likely N-dealkylation sites (N-methyl/N-ethyl adjacent to an activating group) is 1. The zero-order valence-electron chi connectivity index (χ0n) is 13.3. The highest BCUT2D eigenvalue weighted by molar-refractivity contribution is 7.11. The Morgan fingerprint density at radius 3 is 2.70 bits per heavy atom. The molecule has 1 amide bonds. The lowest BCUT2D eigenvalue weighted by Crippen LogP contribution is -2.29. The van der Waals surface area contributed by atoms with Crippen molar-refractivity contribution in [3.63, 3.8) is 0 Å². The number of nitrogens with zero attached hydrogens (tertiary/aromatic N) is 3. The summed E-state index contributed by atoms with van der Waals surface area (Å²) < 4.78 is 1.90. The molecule has 0 aliphatic rings. The van der Waals surface area contributed by atoms with Crippen molar-refractivity contribution in [3.05, 3.63) is 64.6 Å². The van der Waals surface area contributed by atoms with Gasteiger partial charge in [0.2, 0.25) is 5.91 Å². The highest BCUT2D eigenvalue weighted by Crippen LogP contribution is 2.18. The van der Waals surface area contributed by atoms with Crippen molar-refractivity contribution in [3.8, 4) is 11.4 Å². The lowest BCUT2D eigenvalue weighted by Gasteiger charge is -2.17. The maximum Gasteiger partial charge on any atom is 0.242 e. The summed E-state index contributed by atoms with van der Waals surface area (Å²) in [4.78, 5) is 21.1. The third-order valence-corrected chi connectivity index (χ3v) is 4.65. The largest absolute Gasteiger partial charge is 0.339 e. The van der Waals surface area contributed by atoms with E-state index in [2.05, 4.69) is 24.0 Å². The van der Waals surface area contributed by atoms with Crippen LogP contribution >= 0.6 is 11.3 Å². The van der Waals surface area contributed by atoms with Crippen LogP contribution in [0.1, 0.15) is 9.75 Å². The number of hydrogen-bond acceptors (Lipinski definition) is 3. The van der Waals surface area contributed by atoms with E-state index in [0.29, 0.717) is 13.1 Å². The normalized spacial score (nSPS) is 10.7. The van der Waals surface area contributed by atoms with E-state index in [4.69, 9.17) is 0 Å². The third kappa shape index (κ3) is 3.68. The van der Waals surface area contributed by atoms with Crippen molar-refractivity contribution in [2.24, 2.45) is 0 Å². The van der Waals surface area contributed by atoms with E-state index < -0.39 is 0 Å². The van der Waals surface area contributed by atoms with Gasteiger partial charge < -0.3 is 9.47 Å². The number of carbonyl (C=O) groups is 1. The van der Waals surface area contributed by atoms with Crippen LogP contribution in [-0.4, -0.2) is 27.4 Å². The van der Waals surface area contributed by atoms with E-state index in [-0.39, 0.29) is 5.91 Å². The van der Waals surface area contributed by atoms with Crippen LogP contribution in [0.5, 0.6) is 0 Å². The first kappa shape index (κ1) is 15.5. The first-order chi connectivity index (χ1) is 11.1. The second-order valence-electron chi connectivity index (χ2n) is 5.51. The minimum Gasteiger partial charge on any atom is -0.339 e. The summed E-state index contributed by atoms with van der Waals surface area (Å²) in [6.45, 7) is 3.02. The Morgan fingerprint density at radius 1 is 1.22 bits per heavy atom. The van der Waals surface area contributed by atoms with Gasteiger partial charge in [0.15, 0.2) is 0 Å². The van der Waals surface area contributed by atoms with Crippen LogP contribution in [0.25, 0.3) is 11.4 Å². The van der Waals surface area contributed by atoms with Gasteiger partial charge in [-0.05, 0) is 19.1 Å². The van der Waals surface area contributed by atoms with Gasteiger partial charge in [-0.25, -0.2) is 4.98 Å². The van der Waals surface area contributed by atoms with E-state index in [9.17, 15) is 4.79 Å². The van der Waals surface area contributed by atoms with Crippen LogP contribution in [0, 0.1) is 6.92 Å². The molecule has 3 rings (SSSR count). The van der Waals surface area contributed by atoms with Crippen LogP contribution < -0.4 is 0 Å². The SMILES string of the molecule is Cc1ccc(CN(C)C(=O)Cn2ccnc2-c2ccccc2)s1. The zero-order chi connectivity index (χ0) is 16.2. The summed E-state index contributed by atoms with van der Waals surface area (Å²) in [5.41, 5.74) is 1.02. The second-order valence-corrected chi connectivity index (χ2v) is 6.88. The molecule has 0 spiro atoms.